The summed E-state index contributed by atoms with van der Waals surface area (Å²) in [5.41, 5.74) is 2.08. The first-order chi connectivity index (χ1) is 19.1. The van der Waals surface area contributed by atoms with Crippen LogP contribution < -0.4 is 9.47 Å². The molecule has 1 atom stereocenters. The first-order valence-corrected chi connectivity index (χ1v) is 14.7. The summed E-state index contributed by atoms with van der Waals surface area (Å²) in [6, 6.07) is 11.8. The van der Waals surface area contributed by atoms with E-state index in [1.807, 2.05) is 30.3 Å². The highest BCUT2D eigenvalue weighted by Gasteiger charge is 2.19. The van der Waals surface area contributed by atoms with Gasteiger partial charge in [-0.05, 0) is 84.5 Å². The fourth-order valence-electron chi connectivity index (χ4n) is 4.61. The van der Waals surface area contributed by atoms with E-state index >= 15 is 0 Å². The number of carboxylic acids is 1. The number of ketones is 3. The van der Waals surface area contributed by atoms with Crippen LogP contribution in [-0.2, 0) is 22.4 Å². The Balaban J connectivity index is 1.49. The summed E-state index contributed by atoms with van der Waals surface area (Å²) in [7, 11) is 3.27. The number of methoxy groups -OCH3 is 2. The lowest BCUT2D eigenvalue weighted by molar-refractivity contribution is -0.137. The van der Waals surface area contributed by atoms with Crippen molar-refractivity contribution in [1.82, 2.24) is 0 Å². The van der Waals surface area contributed by atoms with Gasteiger partial charge in [0.2, 0.25) is 0 Å². The van der Waals surface area contributed by atoms with Gasteiger partial charge in [-0.15, -0.1) is 22.7 Å². The largest absolute Gasteiger partial charge is 0.496 e. The number of rotatable bonds is 14. The van der Waals surface area contributed by atoms with Crippen molar-refractivity contribution in [2.24, 2.45) is 5.92 Å². The lowest BCUT2D eigenvalue weighted by Crippen LogP contribution is -2.11. The molecule has 0 aliphatic carbocycles. The quantitative estimate of drug-likeness (QED) is 0.158. The lowest BCUT2D eigenvalue weighted by atomic mass is 9.99. The Morgan fingerprint density at radius 3 is 1.73 bits per heavy atom. The van der Waals surface area contributed by atoms with E-state index in [-0.39, 0.29) is 42.5 Å². The molecule has 210 valence electrons. The van der Waals surface area contributed by atoms with E-state index in [1.165, 1.54) is 29.6 Å². The minimum atomic E-state index is -0.985. The van der Waals surface area contributed by atoms with E-state index in [2.05, 4.69) is 6.07 Å². The standard InChI is InChI=1S/C31H32O7S2/c1-17(18(2)32)10-24(34)30-14-22-12-20(26(38-4)16-28(22)40-30)7-5-6-19-11-21-13-29(23(33)8-9-31(35)36)39-27(21)15-25(19)37-3/h11-17H,5-10H2,1-4H3,(H,35,36)/t17-/m0/s1. The molecular weight excluding hydrogens is 548 g/mol. The summed E-state index contributed by atoms with van der Waals surface area (Å²) >= 11 is 2.77. The summed E-state index contributed by atoms with van der Waals surface area (Å²) < 4.78 is 13.2. The number of aryl methyl sites for hydroxylation is 2. The Hall–Kier alpha value is -3.56. The van der Waals surface area contributed by atoms with Crippen LogP contribution in [0.15, 0.2) is 36.4 Å². The van der Waals surface area contributed by atoms with Gasteiger partial charge in [-0.3, -0.25) is 19.2 Å². The SMILES string of the molecule is COc1cc2sc(C(=O)CCC(=O)O)cc2cc1CCCc1cc2cc(C(=O)C[C@H](C)C(C)=O)sc2cc1OC. The highest BCUT2D eigenvalue weighted by atomic mass is 32.1. The number of ether oxygens (including phenoxy) is 2. The van der Waals surface area contributed by atoms with E-state index in [1.54, 1.807) is 21.1 Å². The molecule has 0 spiro atoms. The number of benzene rings is 2. The smallest absolute Gasteiger partial charge is 0.303 e. The Morgan fingerprint density at radius 2 is 1.27 bits per heavy atom. The molecule has 0 fully saturated rings. The summed E-state index contributed by atoms with van der Waals surface area (Å²) in [4.78, 5) is 48.8. The van der Waals surface area contributed by atoms with Gasteiger partial charge in [-0.25, -0.2) is 0 Å². The topological polar surface area (TPSA) is 107 Å². The second-order valence-electron chi connectivity index (χ2n) is 9.93. The van der Waals surface area contributed by atoms with E-state index < -0.39 is 5.97 Å². The van der Waals surface area contributed by atoms with Crippen molar-refractivity contribution in [1.29, 1.82) is 0 Å². The lowest BCUT2D eigenvalue weighted by Gasteiger charge is -2.11. The van der Waals surface area contributed by atoms with Gasteiger partial charge in [-0.1, -0.05) is 6.92 Å². The van der Waals surface area contributed by atoms with Crippen LogP contribution in [0.2, 0.25) is 0 Å². The third kappa shape index (κ3) is 6.77. The van der Waals surface area contributed by atoms with E-state index in [9.17, 15) is 19.2 Å². The van der Waals surface area contributed by atoms with Crippen molar-refractivity contribution in [2.45, 2.75) is 52.4 Å². The molecule has 0 aliphatic rings. The summed E-state index contributed by atoms with van der Waals surface area (Å²) in [6.45, 7) is 3.29. The average molecular weight is 581 g/mol. The number of Topliss-reactive ketones (excluding diaryl/α,β-unsaturated/α-hetero) is 3. The third-order valence-corrected chi connectivity index (χ3v) is 9.31. The molecule has 2 heterocycles. The fourth-order valence-corrected chi connectivity index (χ4v) is 6.67. The molecule has 2 aromatic carbocycles. The predicted octanol–water partition coefficient (Wildman–Crippen LogP) is 7.15. The zero-order chi connectivity index (χ0) is 29.0. The number of carbonyl (C=O) groups excluding carboxylic acids is 3. The highest BCUT2D eigenvalue weighted by Crippen LogP contribution is 2.36. The van der Waals surface area contributed by atoms with Crippen molar-refractivity contribution in [3.8, 4) is 11.5 Å². The maximum absolute atomic E-state index is 12.7. The second-order valence-corrected chi connectivity index (χ2v) is 12.1. The Morgan fingerprint density at radius 1 is 0.775 bits per heavy atom. The first kappa shape index (κ1) is 29.4. The van der Waals surface area contributed by atoms with Crippen molar-refractivity contribution >= 4 is 66.2 Å². The van der Waals surface area contributed by atoms with Crippen LogP contribution in [-0.4, -0.2) is 42.6 Å². The zero-order valence-corrected chi connectivity index (χ0v) is 24.6. The summed E-state index contributed by atoms with van der Waals surface area (Å²) in [6.07, 6.45) is 2.33. The number of carbonyl (C=O) groups is 4. The van der Waals surface area contributed by atoms with Gasteiger partial charge in [0.05, 0.1) is 30.4 Å². The second kappa shape index (κ2) is 12.7. The van der Waals surface area contributed by atoms with Crippen molar-refractivity contribution in [3.63, 3.8) is 0 Å². The number of carboxylic acid groups (broad SMARTS) is 1. The van der Waals surface area contributed by atoms with Crippen LogP contribution in [0, 0.1) is 5.92 Å². The van der Waals surface area contributed by atoms with Crippen LogP contribution >= 0.6 is 22.7 Å². The van der Waals surface area contributed by atoms with Gasteiger partial charge in [0, 0.05) is 28.2 Å². The molecule has 0 bridgehead atoms. The molecule has 40 heavy (non-hydrogen) atoms. The minimum Gasteiger partial charge on any atom is -0.496 e. The molecule has 7 nitrogen and oxygen atoms in total. The van der Waals surface area contributed by atoms with Gasteiger partial charge < -0.3 is 14.6 Å². The zero-order valence-electron chi connectivity index (χ0n) is 23.0. The molecule has 0 aliphatic heterocycles. The van der Waals surface area contributed by atoms with Crippen molar-refractivity contribution in [2.75, 3.05) is 14.2 Å². The summed E-state index contributed by atoms with van der Waals surface area (Å²) in [5, 5.41) is 10.8. The molecule has 4 rings (SSSR count). The molecule has 0 unspecified atom stereocenters. The first-order valence-electron chi connectivity index (χ1n) is 13.1. The van der Waals surface area contributed by atoms with Crippen LogP contribution in [0.25, 0.3) is 20.2 Å². The van der Waals surface area contributed by atoms with Gasteiger partial charge in [0.15, 0.2) is 11.6 Å². The van der Waals surface area contributed by atoms with Crippen LogP contribution in [0.1, 0.15) is 70.0 Å². The summed E-state index contributed by atoms with van der Waals surface area (Å²) in [5.74, 6) is 0.0685. The van der Waals surface area contributed by atoms with Gasteiger partial charge in [0.25, 0.3) is 0 Å². The average Bonchev–Trinajstić information content (AvgIpc) is 3.54. The number of hydrogen-bond donors (Lipinski definition) is 1. The number of hydrogen-bond acceptors (Lipinski definition) is 8. The molecule has 9 heteroatoms. The van der Waals surface area contributed by atoms with Crippen LogP contribution in [0.3, 0.4) is 0 Å². The van der Waals surface area contributed by atoms with Crippen molar-refractivity contribution in [3.05, 3.63) is 57.3 Å². The molecule has 0 amide bonds. The van der Waals surface area contributed by atoms with Gasteiger partial charge in [0.1, 0.15) is 17.3 Å². The molecular formula is C31H32O7S2. The Labute approximate surface area is 240 Å². The number of aliphatic carboxylic acids is 1. The molecule has 0 saturated carbocycles. The van der Waals surface area contributed by atoms with Crippen molar-refractivity contribution < 1.29 is 33.8 Å². The normalized spacial score (nSPS) is 12.0. The van der Waals surface area contributed by atoms with Crippen LogP contribution in [0.5, 0.6) is 11.5 Å². The fraction of sp³-hybridized carbons (Fsp3) is 0.355. The van der Waals surface area contributed by atoms with E-state index in [0.717, 1.165) is 62.1 Å². The van der Waals surface area contributed by atoms with Gasteiger partial charge in [-0.2, -0.15) is 0 Å². The number of thiophene rings is 2. The maximum Gasteiger partial charge on any atom is 0.303 e. The van der Waals surface area contributed by atoms with Crippen LogP contribution in [0.4, 0.5) is 0 Å². The van der Waals surface area contributed by atoms with E-state index in [4.69, 9.17) is 14.6 Å². The minimum absolute atomic E-state index is 0.0119. The monoisotopic (exact) mass is 580 g/mol. The molecule has 0 saturated heterocycles. The molecule has 4 aromatic rings. The molecule has 2 aromatic heterocycles. The third-order valence-electron chi connectivity index (χ3n) is 7.03. The van der Waals surface area contributed by atoms with Gasteiger partial charge >= 0.3 is 5.97 Å². The highest BCUT2D eigenvalue weighted by molar-refractivity contribution is 7.21. The predicted molar refractivity (Wildman–Crippen MR) is 159 cm³/mol. The Bertz CT molecular complexity index is 1590. The molecule has 1 N–H and O–H groups in total. The Kier molecular flexibility index (Phi) is 9.37. The maximum atomic E-state index is 12.7. The number of fused-ring (bicyclic) bond motifs is 2. The van der Waals surface area contributed by atoms with E-state index in [0.29, 0.717) is 9.75 Å². The molecule has 0 radical (unpaired) electrons.